The summed E-state index contributed by atoms with van der Waals surface area (Å²) in [5, 5.41) is 0. The molecule has 1 rings (SSSR count). The van der Waals surface area contributed by atoms with Crippen LogP contribution in [0.2, 0.25) is 0 Å². The average Bonchev–Trinajstić information content (AvgIpc) is 1.90. The number of aromatic nitrogens is 1. The van der Waals surface area contributed by atoms with Gasteiger partial charge in [-0.3, -0.25) is 0 Å². The number of rotatable bonds is 1. The fourth-order valence-corrected chi connectivity index (χ4v) is 1.22. The summed E-state index contributed by atoms with van der Waals surface area (Å²) < 4.78 is 0.975. The van der Waals surface area contributed by atoms with Crippen molar-refractivity contribution in [1.29, 1.82) is 0 Å². The van der Waals surface area contributed by atoms with Gasteiger partial charge in [-0.15, -0.1) is 0 Å². The molecule has 0 aliphatic carbocycles. The van der Waals surface area contributed by atoms with Crippen LogP contribution in [-0.4, -0.2) is 4.98 Å². The summed E-state index contributed by atoms with van der Waals surface area (Å²) in [5.74, 6) is 0. The predicted molar refractivity (Wildman–Crippen MR) is 29.7 cm³/mol. The van der Waals surface area contributed by atoms with E-state index in [1.165, 1.54) is 0 Å². The molecule has 1 aromatic heterocycles. The van der Waals surface area contributed by atoms with E-state index < -0.39 is 0 Å². The van der Waals surface area contributed by atoms with E-state index in [1.54, 1.807) is 6.20 Å². The summed E-state index contributed by atoms with van der Waals surface area (Å²) in [7, 11) is 5.51. The van der Waals surface area contributed by atoms with Crippen LogP contribution in [0.25, 0.3) is 0 Å². The van der Waals surface area contributed by atoms with Crippen molar-refractivity contribution >= 4 is 13.7 Å². The molecule has 0 aromatic carbocycles. The van der Waals surface area contributed by atoms with E-state index in [0.717, 1.165) is 4.17 Å². The molecule has 3 heteroatoms. The molecule has 0 saturated heterocycles. The van der Waals surface area contributed by atoms with Crippen molar-refractivity contribution in [2.75, 3.05) is 0 Å². The second kappa shape index (κ2) is 3.19. The molecule has 0 aliphatic rings. The van der Waals surface area contributed by atoms with E-state index in [0.29, 0.717) is 0 Å². The van der Waals surface area contributed by atoms with Crippen molar-refractivity contribution in [3.8, 4) is 0 Å². The summed E-state index contributed by atoms with van der Waals surface area (Å²) in [5.41, 5.74) is 0. The third-order valence-corrected chi connectivity index (χ3v) is 2.16. The van der Waals surface area contributed by atoms with Crippen LogP contribution >= 0.6 is 9.53 Å². The van der Waals surface area contributed by atoms with Crippen molar-refractivity contribution < 1.29 is 17.0 Å². The molecule has 1 nitrogen and oxygen atoms in total. The zero-order valence-electron chi connectivity index (χ0n) is 3.95. The Morgan fingerprint density at radius 3 is 2.75 bits per heavy atom. The van der Waals surface area contributed by atoms with Gasteiger partial charge in [0, 0.05) is 0 Å². The fraction of sp³-hybridized carbons (Fsp3) is 0. The number of halogens is 1. The first-order chi connectivity index (χ1) is 3.93. The molecule has 0 spiro atoms. The summed E-state index contributed by atoms with van der Waals surface area (Å²) in [4.78, 5) is 3.99. The molecule has 0 atom stereocenters. The van der Waals surface area contributed by atoms with E-state index >= 15 is 0 Å². The topological polar surface area (TPSA) is 12.9 Å². The number of nitrogens with zero attached hydrogens (tertiary/aromatic N) is 1. The van der Waals surface area contributed by atoms with Gasteiger partial charge in [-0.05, 0) is 0 Å². The predicted octanol–water partition coefficient (Wildman–Crippen LogP) is 0.943. The van der Waals surface area contributed by atoms with Gasteiger partial charge in [-0.1, -0.05) is 0 Å². The van der Waals surface area contributed by atoms with Gasteiger partial charge in [-0.25, -0.2) is 0 Å². The molecule has 0 radical (unpaired) electrons. The van der Waals surface area contributed by atoms with Gasteiger partial charge in [-0.2, -0.15) is 0 Å². The monoisotopic (exact) mass is 219 g/mol. The molecular formula is C5H4ClNPd. The Hall–Kier alpha value is 0.102. The van der Waals surface area contributed by atoms with Crippen LogP contribution in [0.5, 0.6) is 0 Å². The fourth-order valence-electron chi connectivity index (χ4n) is 0.367. The molecule has 0 saturated carbocycles. The van der Waals surface area contributed by atoms with Gasteiger partial charge >= 0.3 is 60.0 Å². The standard InChI is InChI=1S/C5H4N.ClH.Pd/c1-2-4-6-5-3-1;;/h1-4H;1H;/q;;+1/p-1. The van der Waals surface area contributed by atoms with Gasteiger partial charge in [0.25, 0.3) is 0 Å². The van der Waals surface area contributed by atoms with Crippen molar-refractivity contribution in [3.05, 3.63) is 24.4 Å². The number of hydrogen-bond acceptors (Lipinski definition) is 1. The van der Waals surface area contributed by atoms with Gasteiger partial charge in [0.05, 0.1) is 0 Å². The van der Waals surface area contributed by atoms with Crippen molar-refractivity contribution in [2.24, 2.45) is 0 Å². The molecular weight excluding hydrogens is 216 g/mol. The minimum absolute atomic E-state index is 0.123. The molecule has 0 amide bonds. The minimum atomic E-state index is 0.123. The Kier molecular flexibility index (Phi) is 2.48. The van der Waals surface area contributed by atoms with Crippen LogP contribution in [-0.2, 0) is 17.0 Å². The van der Waals surface area contributed by atoms with Crippen LogP contribution in [0.4, 0.5) is 0 Å². The van der Waals surface area contributed by atoms with E-state index in [9.17, 15) is 0 Å². The van der Waals surface area contributed by atoms with Crippen LogP contribution in [0.3, 0.4) is 0 Å². The SMILES string of the molecule is [Cl][Pd][c]1ccccn1. The zero-order valence-corrected chi connectivity index (χ0v) is 6.26. The molecule has 8 heavy (non-hydrogen) atoms. The van der Waals surface area contributed by atoms with Crippen LogP contribution in [0.15, 0.2) is 24.4 Å². The van der Waals surface area contributed by atoms with Gasteiger partial charge in [0.1, 0.15) is 0 Å². The number of pyridine rings is 1. The van der Waals surface area contributed by atoms with Gasteiger partial charge in [0.15, 0.2) is 0 Å². The Morgan fingerprint density at radius 2 is 2.38 bits per heavy atom. The van der Waals surface area contributed by atoms with Gasteiger partial charge in [0.2, 0.25) is 0 Å². The van der Waals surface area contributed by atoms with Crippen LogP contribution in [0, 0.1) is 0 Å². The zero-order chi connectivity index (χ0) is 5.82. The maximum atomic E-state index is 5.51. The Labute approximate surface area is 60.2 Å². The summed E-state index contributed by atoms with van der Waals surface area (Å²) >= 11 is 0.123. The van der Waals surface area contributed by atoms with E-state index in [-0.39, 0.29) is 17.0 Å². The second-order valence-corrected chi connectivity index (χ2v) is 2.98. The van der Waals surface area contributed by atoms with Gasteiger partial charge < -0.3 is 0 Å². The molecule has 0 N–H and O–H groups in total. The number of hydrogen-bond donors (Lipinski definition) is 0. The third-order valence-electron chi connectivity index (χ3n) is 0.672. The molecule has 1 aromatic rings. The summed E-state index contributed by atoms with van der Waals surface area (Å²) in [6.07, 6.45) is 1.75. The first-order valence-electron chi connectivity index (χ1n) is 2.05. The normalized spacial score (nSPS) is 9.62. The molecule has 0 unspecified atom stereocenters. The van der Waals surface area contributed by atoms with Crippen molar-refractivity contribution in [3.63, 3.8) is 0 Å². The Morgan fingerprint density at radius 1 is 1.50 bits per heavy atom. The first-order valence-corrected chi connectivity index (χ1v) is 4.83. The molecule has 0 fully saturated rings. The van der Waals surface area contributed by atoms with E-state index in [1.807, 2.05) is 18.2 Å². The first kappa shape index (κ1) is 6.23. The maximum absolute atomic E-state index is 5.51. The Balaban J connectivity index is 2.83. The third kappa shape index (κ3) is 1.56. The average molecular weight is 220 g/mol. The molecule has 0 bridgehead atoms. The molecule has 0 aliphatic heterocycles. The molecule has 1 heterocycles. The van der Waals surface area contributed by atoms with E-state index in [4.69, 9.17) is 9.53 Å². The summed E-state index contributed by atoms with van der Waals surface area (Å²) in [6.45, 7) is 0. The second-order valence-electron chi connectivity index (χ2n) is 1.18. The van der Waals surface area contributed by atoms with Crippen molar-refractivity contribution in [1.82, 2.24) is 4.98 Å². The quantitative estimate of drug-likeness (QED) is 0.642. The Bertz CT molecular complexity index is 154. The summed E-state index contributed by atoms with van der Waals surface area (Å²) in [6, 6.07) is 5.73. The van der Waals surface area contributed by atoms with Crippen LogP contribution < -0.4 is 4.17 Å². The van der Waals surface area contributed by atoms with Crippen LogP contribution in [0.1, 0.15) is 0 Å². The van der Waals surface area contributed by atoms with E-state index in [2.05, 4.69) is 4.98 Å². The van der Waals surface area contributed by atoms with Crippen molar-refractivity contribution in [2.45, 2.75) is 0 Å². The molecule has 46 valence electrons.